The van der Waals surface area contributed by atoms with Crippen molar-refractivity contribution in [3.05, 3.63) is 76.8 Å². The number of carbonyl (C=O) groups is 1. The molecule has 134 valence electrons. The lowest BCUT2D eigenvalue weighted by Gasteiger charge is -2.09. The van der Waals surface area contributed by atoms with Crippen LogP contribution in [0.4, 0.5) is 4.39 Å². The molecule has 2 aromatic carbocycles. The number of nitrogens with one attached hydrogen (secondary N) is 1. The van der Waals surface area contributed by atoms with E-state index in [1.165, 1.54) is 24.0 Å². The Kier molecular flexibility index (Phi) is 5.46. The van der Waals surface area contributed by atoms with Crippen LogP contribution in [0.5, 0.6) is 0 Å². The fourth-order valence-corrected chi connectivity index (χ4v) is 2.80. The van der Waals surface area contributed by atoms with Crippen molar-refractivity contribution in [2.45, 2.75) is 33.2 Å². The highest BCUT2D eigenvalue weighted by Crippen LogP contribution is 2.23. The van der Waals surface area contributed by atoms with E-state index in [0.717, 1.165) is 22.3 Å². The number of amides is 1. The van der Waals surface area contributed by atoms with Crippen LogP contribution in [0, 0.1) is 19.7 Å². The fraction of sp³-hybridized carbons (Fsp3) is 0.238. The van der Waals surface area contributed by atoms with E-state index in [1.807, 2.05) is 13.8 Å². The molecule has 1 N–H and O–H groups in total. The minimum absolute atomic E-state index is 0.0304. The molecule has 0 aliphatic heterocycles. The van der Waals surface area contributed by atoms with Crippen molar-refractivity contribution in [2.24, 2.45) is 0 Å². The SMILES string of the molecule is Cc1ccc(C)c(CNC(=O)CCc2conc2-c2ccc(F)cc2)c1. The molecule has 0 saturated heterocycles. The summed E-state index contributed by atoms with van der Waals surface area (Å²) in [6, 6.07) is 12.3. The third-order valence-electron chi connectivity index (χ3n) is 4.36. The van der Waals surface area contributed by atoms with Crippen LogP contribution in [0.3, 0.4) is 0 Å². The van der Waals surface area contributed by atoms with E-state index in [-0.39, 0.29) is 11.7 Å². The van der Waals surface area contributed by atoms with Gasteiger partial charge in [0.2, 0.25) is 5.91 Å². The average Bonchev–Trinajstić information content (AvgIpc) is 3.10. The molecule has 1 aromatic heterocycles. The second kappa shape index (κ2) is 7.95. The number of aryl methyl sites for hydroxylation is 3. The van der Waals surface area contributed by atoms with Crippen LogP contribution in [0.25, 0.3) is 11.3 Å². The summed E-state index contributed by atoms with van der Waals surface area (Å²) in [6.45, 7) is 4.58. The van der Waals surface area contributed by atoms with Crippen molar-refractivity contribution in [1.82, 2.24) is 10.5 Å². The van der Waals surface area contributed by atoms with Gasteiger partial charge in [-0.25, -0.2) is 4.39 Å². The van der Waals surface area contributed by atoms with Crippen molar-refractivity contribution in [1.29, 1.82) is 0 Å². The topological polar surface area (TPSA) is 55.1 Å². The van der Waals surface area contributed by atoms with E-state index in [9.17, 15) is 9.18 Å². The number of halogens is 1. The summed E-state index contributed by atoms with van der Waals surface area (Å²) < 4.78 is 18.1. The molecular weight excluding hydrogens is 331 g/mol. The molecule has 0 aliphatic carbocycles. The van der Waals surface area contributed by atoms with Gasteiger partial charge in [-0.15, -0.1) is 0 Å². The fourth-order valence-electron chi connectivity index (χ4n) is 2.80. The summed E-state index contributed by atoms with van der Waals surface area (Å²) in [5, 5.41) is 6.94. The van der Waals surface area contributed by atoms with Crippen LogP contribution in [0.1, 0.15) is 28.7 Å². The average molecular weight is 352 g/mol. The van der Waals surface area contributed by atoms with Crippen LogP contribution in [0.2, 0.25) is 0 Å². The summed E-state index contributed by atoms with van der Waals surface area (Å²) in [6.07, 6.45) is 2.38. The minimum Gasteiger partial charge on any atom is -0.364 e. The molecule has 3 aromatic rings. The van der Waals surface area contributed by atoms with E-state index in [4.69, 9.17) is 4.52 Å². The lowest BCUT2D eigenvalue weighted by Crippen LogP contribution is -2.23. The van der Waals surface area contributed by atoms with Crippen molar-refractivity contribution in [3.63, 3.8) is 0 Å². The molecule has 0 radical (unpaired) electrons. The molecule has 0 fully saturated rings. The van der Waals surface area contributed by atoms with E-state index in [1.54, 1.807) is 12.1 Å². The Bertz CT molecular complexity index is 901. The third-order valence-corrected chi connectivity index (χ3v) is 4.36. The van der Waals surface area contributed by atoms with Crippen LogP contribution in [0.15, 0.2) is 53.3 Å². The first kappa shape index (κ1) is 17.9. The number of aromatic nitrogens is 1. The van der Waals surface area contributed by atoms with Crippen molar-refractivity contribution in [3.8, 4) is 11.3 Å². The summed E-state index contributed by atoms with van der Waals surface area (Å²) in [7, 11) is 0. The highest BCUT2D eigenvalue weighted by Gasteiger charge is 2.12. The zero-order chi connectivity index (χ0) is 18.5. The molecule has 26 heavy (non-hydrogen) atoms. The Morgan fingerprint density at radius 3 is 2.65 bits per heavy atom. The lowest BCUT2D eigenvalue weighted by atomic mass is 10.0. The quantitative estimate of drug-likeness (QED) is 0.718. The Balaban J connectivity index is 1.58. The van der Waals surface area contributed by atoms with Gasteiger partial charge in [0, 0.05) is 24.1 Å². The first-order valence-corrected chi connectivity index (χ1v) is 8.55. The number of carbonyl (C=O) groups excluding carboxylic acids is 1. The van der Waals surface area contributed by atoms with Crippen molar-refractivity contribution >= 4 is 5.91 Å². The normalized spacial score (nSPS) is 10.7. The second-order valence-electron chi connectivity index (χ2n) is 6.40. The predicted octanol–water partition coefficient (Wildman–Crippen LogP) is 4.35. The first-order chi connectivity index (χ1) is 12.5. The molecular formula is C21H21FN2O2. The van der Waals surface area contributed by atoms with Crippen LogP contribution >= 0.6 is 0 Å². The Morgan fingerprint density at radius 2 is 1.88 bits per heavy atom. The lowest BCUT2D eigenvalue weighted by molar-refractivity contribution is -0.121. The summed E-state index contributed by atoms with van der Waals surface area (Å²) in [5.41, 5.74) is 5.70. The van der Waals surface area contributed by atoms with E-state index >= 15 is 0 Å². The number of hydrogen-bond acceptors (Lipinski definition) is 3. The van der Waals surface area contributed by atoms with Crippen molar-refractivity contribution in [2.75, 3.05) is 0 Å². The summed E-state index contributed by atoms with van der Waals surface area (Å²) in [5.74, 6) is -0.332. The molecule has 5 heteroatoms. The minimum atomic E-state index is -0.301. The molecule has 0 atom stereocenters. The van der Waals surface area contributed by atoms with Gasteiger partial charge in [-0.3, -0.25) is 4.79 Å². The van der Waals surface area contributed by atoms with Gasteiger partial charge in [0.1, 0.15) is 17.8 Å². The summed E-state index contributed by atoms with van der Waals surface area (Å²) >= 11 is 0. The first-order valence-electron chi connectivity index (χ1n) is 8.55. The molecule has 1 amide bonds. The molecule has 1 heterocycles. The van der Waals surface area contributed by atoms with E-state index in [0.29, 0.717) is 25.1 Å². The van der Waals surface area contributed by atoms with Gasteiger partial charge in [0.05, 0.1) is 0 Å². The van der Waals surface area contributed by atoms with Gasteiger partial charge < -0.3 is 9.84 Å². The molecule has 0 aliphatic rings. The second-order valence-corrected chi connectivity index (χ2v) is 6.40. The molecule has 0 spiro atoms. The van der Waals surface area contributed by atoms with Gasteiger partial charge in [0.25, 0.3) is 0 Å². The van der Waals surface area contributed by atoms with Gasteiger partial charge >= 0.3 is 0 Å². The zero-order valence-corrected chi connectivity index (χ0v) is 14.9. The zero-order valence-electron chi connectivity index (χ0n) is 14.9. The summed E-state index contributed by atoms with van der Waals surface area (Å²) in [4.78, 5) is 12.2. The number of nitrogens with zero attached hydrogens (tertiary/aromatic N) is 1. The highest BCUT2D eigenvalue weighted by atomic mass is 19.1. The maximum absolute atomic E-state index is 13.1. The number of benzene rings is 2. The van der Waals surface area contributed by atoms with Crippen LogP contribution in [-0.2, 0) is 17.8 Å². The molecule has 4 nitrogen and oxygen atoms in total. The van der Waals surface area contributed by atoms with Crippen molar-refractivity contribution < 1.29 is 13.7 Å². The number of hydrogen-bond donors (Lipinski definition) is 1. The standard InChI is InChI=1S/C21H21FN2O2/c1-14-3-4-15(2)18(11-14)12-23-20(25)10-7-17-13-26-24-21(17)16-5-8-19(22)9-6-16/h3-6,8-9,11,13H,7,10,12H2,1-2H3,(H,23,25). The highest BCUT2D eigenvalue weighted by molar-refractivity contribution is 5.76. The van der Waals surface area contributed by atoms with Crippen LogP contribution in [-0.4, -0.2) is 11.1 Å². The maximum atomic E-state index is 13.1. The predicted molar refractivity (Wildman–Crippen MR) is 98.0 cm³/mol. The Morgan fingerprint density at radius 1 is 1.12 bits per heavy atom. The van der Waals surface area contributed by atoms with E-state index < -0.39 is 0 Å². The van der Waals surface area contributed by atoms with E-state index in [2.05, 4.69) is 28.7 Å². The number of rotatable bonds is 6. The molecule has 3 rings (SSSR count). The maximum Gasteiger partial charge on any atom is 0.220 e. The molecule has 0 unspecified atom stereocenters. The Labute approximate surface area is 152 Å². The van der Waals surface area contributed by atoms with Gasteiger partial charge in [-0.05, 0) is 55.7 Å². The largest absolute Gasteiger partial charge is 0.364 e. The van der Waals surface area contributed by atoms with Gasteiger partial charge in [0.15, 0.2) is 0 Å². The molecule has 0 bridgehead atoms. The van der Waals surface area contributed by atoms with Gasteiger partial charge in [-0.1, -0.05) is 28.9 Å². The monoisotopic (exact) mass is 352 g/mol. The molecule has 0 saturated carbocycles. The van der Waals surface area contributed by atoms with Crippen LogP contribution < -0.4 is 5.32 Å². The Hall–Kier alpha value is -2.95. The van der Waals surface area contributed by atoms with Gasteiger partial charge in [-0.2, -0.15) is 0 Å². The smallest absolute Gasteiger partial charge is 0.220 e. The third kappa shape index (κ3) is 4.36.